The Balaban J connectivity index is 1.15. The molecule has 0 saturated carbocycles. The Labute approximate surface area is 304 Å². The zero-order valence-corrected chi connectivity index (χ0v) is 28.4. The molecule has 0 atom stereocenters. The highest BCUT2D eigenvalue weighted by molar-refractivity contribution is 6.19. The minimum atomic E-state index is 0.635. The number of aromatic nitrogens is 2. The zero-order valence-electron chi connectivity index (χ0n) is 28.4. The third-order valence-electron chi connectivity index (χ3n) is 10.2. The van der Waals surface area contributed by atoms with Gasteiger partial charge in [0.25, 0.3) is 0 Å². The molecule has 11 aromatic rings. The largest absolute Gasteiger partial charge is 0.455 e. The third-order valence-corrected chi connectivity index (χ3v) is 10.2. The van der Waals surface area contributed by atoms with E-state index < -0.39 is 0 Å². The lowest BCUT2D eigenvalue weighted by atomic mass is 9.99. The van der Waals surface area contributed by atoms with E-state index in [9.17, 15) is 0 Å². The molecule has 0 aliphatic rings. The van der Waals surface area contributed by atoms with Crippen molar-refractivity contribution in [2.24, 2.45) is 0 Å². The fraction of sp³-hybridized carbons (Fsp3) is 0. The molecule has 0 radical (unpaired) electrons. The fourth-order valence-corrected chi connectivity index (χ4v) is 7.76. The van der Waals surface area contributed by atoms with Crippen molar-refractivity contribution in [3.05, 3.63) is 176 Å². The van der Waals surface area contributed by atoms with Crippen molar-refractivity contribution in [1.82, 2.24) is 9.97 Å². The molecule has 53 heavy (non-hydrogen) atoms. The maximum absolute atomic E-state index is 6.79. The number of hydrogen-bond acceptors (Lipinski definition) is 5. The number of nitrogens with zero attached hydrogens (tertiary/aromatic N) is 3. The van der Waals surface area contributed by atoms with E-state index in [0.29, 0.717) is 11.4 Å². The van der Waals surface area contributed by atoms with E-state index >= 15 is 0 Å². The topological polar surface area (TPSA) is 55.3 Å². The summed E-state index contributed by atoms with van der Waals surface area (Å²) in [5.74, 6) is 0.635. The van der Waals surface area contributed by atoms with Gasteiger partial charge in [0.05, 0.1) is 0 Å². The van der Waals surface area contributed by atoms with Gasteiger partial charge in [0.15, 0.2) is 11.4 Å². The lowest BCUT2D eigenvalue weighted by Crippen LogP contribution is -2.09. The predicted octanol–water partition coefficient (Wildman–Crippen LogP) is 13.4. The second-order valence-electron chi connectivity index (χ2n) is 13.4. The summed E-state index contributed by atoms with van der Waals surface area (Å²) < 4.78 is 13.3. The molecule has 5 heteroatoms. The van der Waals surface area contributed by atoms with Crippen LogP contribution in [-0.2, 0) is 0 Å². The highest BCUT2D eigenvalue weighted by Gasteiger charge is 2.22. The van der Waals surface area contributed by atoms with E-state index in [1.54, 1.807) is 0 Å². The zero-order chi connectivity index (χ0) is 34.9. The molecule has 0 amide bonds. The Morgan fingerprint density at radius 2 is 1.06 bits per heavy atom. The second kappa shape index (κ2) is 11.7. The molecule has 5 nitrogen and oxygen atoms in total. The number of furan rings is 2. The van der Waals surface area contributed by atoms with Gasteiger partial charge >= 0.3 is 0 Å². The summed E-state index contributed by atoms with van der Waals surface area (Å²) in [4.78, 5) is 12.8. The maximum atomic E-state index is 6.79. The van der Waals surface area contributed by atoms with Crippen LogP contribution >= 0.6 is 0 Å². The maximum Gasteiger partial charge on any atom is 0.180 e. The van der Waals surface area contributed by atoms with Crippen LogP contribution in [0.3, 0.4) is 0 Å². The van der Waals surface area contributed by atoms with Crippen molar-refractivity contribution in [3.8, 4) is 22.6 Å². The molecule has 0 aliphatic carbocycles. The highest BCUT2D eigenvalue weighted by Crippen LogP contribution is 2.43. The monoisotopic (exact) mass is 679 g/mol. The van der Waals surface area contributed by atoms with Crippen molar-refractivity contribution >= 4 is 82.6 Å². The summed E-state index contributed by atoms with van der Waals surface area (Å²) in [7, 11) is 0. The van der Waals surface area contributed by atoms with E-state index in [4.69, 9.17) is 18.8 Å². The molecule has 11 rings (SSSR count). The second-order valence-corrected chi connectivity index (χ2v) is 13.4. The Morgan fingerprint density at radius 3 is 1.85 bits per heavy atom. The summed E-state index contributed by atoms with van der Waals surface area (Å²) >= 11 is 0. The fourth-order valence-electron chi connectivity index (χ4n) is 7.76. The molecule has 0 fully saturated rings. The van der Waals surface area contributed by atoms with Crippen LogP contribution in [0.1, 0.15) is 0 Å². The normalized spacial score (nSPS) is 11.8. The van der Waals surface area contributed by atoms with Crippen molar-refractivity contribution in [3.63, 3.8) is 0 Å². The van der Waals surface area contributed by atoms with Gasteiger partial charge in [-0.1, -0.05) is 109 Å². The number of benzene rings is 8. The Bertz CT molecular complexity index is 3140. The third kappa shape index (κ3) is 4.71. The van der Waals surface area contributed by atoms with Crippen molar-refractivity contribution in [1.29, 1.82) is 0 Å². The van der Waals surface area contributed by atoms with Crippen LogP contribution in [0.4, 0.5) is 17.1 Å². The average Bonchev–Trinajstić information content (AvgIpc) is 3.79. The van der Waals surface area contributed by atoms with Crippen LogP contribution in [0.25, 0.3) is 88.2 Å². The van der Waals surface area contributed by atoms with Crippen molar-refractivity contribution < 1.29 is 8.83 Å². The smallest absolute Gasteiger partial charge is 0.180 e. The van der Waals surface area contributed by atoms with E-state index in [-0.39, 0.29) is 0 Å². The van der Waals surface area contributed by atoms with Gasteiger partial charge in [-0.05, 0) is 76.8 Å². The number of para-hydroxylation sites is 3. The molecule has 3 aromatic heterocycles. The van der Waals surface area contributed by atoms with Gasteiger partial charge < -0.3 is 13.7 Å². The van der Waals surface area contributed by atoms with Crippen LogP contribution in [0.2, 0.25) is 0 Å². The van der Waals surface area contributed by atoms with E-state index in [1.807, 2.05) is 30.3 Å². The SMILES string of the molecule is c1ccc(N(c2ccccc2)c2ccc3c(c2)oc2c4ccccc4c(-c4nc(-c5ccc6ccccc6c5)c5oc6ccccc6c5n4)cc32)cc1. The number of anilines is 3. The minimum Gasteiger partial charge on any atom is -0.455 e. The summed E-state index contributed by atoms with van der Waals surface area (Å²) in [6.45, 7) is 0. The van der Waals surface area contributed by atoms with Gasteiger partial charge in [-0.15, -0.1) is 0 Å². The number of rotatable bonds is 5. The van der Waals surface area contributed by atoms with Gasteiger partial charge in [0.2, 0.25) is 0 Å². The van der Waals surface area contributed by atoms with Gasteiger partial charge in [-0.2, -0.15) is 0 Å². The van der Waals surface area contributed by atoms with Gasteiger partial charge in [0, 0.05) is 55.8 Å². The van der Waals surface area contributed by atoms with E-state index in [2.05, 4.69) is 150 Å². The van der Waals surface area contributed by atoms with Gasteiger partial charge in [-0.25, -0.2) is 9.97 Å². The Morgan fingerprint density at radius 1 is 0.396 bits per heavy atom. The minimum absolute atomic E-state index is 0.635. The highest BCUT2D eigenvalue weighted by atomic mass is 16.3. The quantitative estimate of drug-likeness (QED) is 0.181. The molecular formula is C48H29N3O2. The summed E-state index contributed by atoms with van der Waals surface area (Å²) in [5, 5.41) is 7.35. The summed E-state index contributed by atoms with van der Waals surface area (Å²) in [6.07, 6.45) is 0. The van der Waals surface area contributed by atoms with Crippen molar-refractivity contribution in [2.45, 2.75) is 0 Å². The lowest BCUT2D eigenvalue weighted by molar-refractivity contribution is 0.667. The van der Waals surface area contributed by atoms with Crippen LogP contribution in [0, 0.1) is 0 Å². The molecule has 3 heterocycles. The first-order valence-corrected chi connectivity index (χ1v) is 17.7. The molecule has 0 bridgehead atoms. The lowest BCUT2D eigenvalue weighted by Gasteiger charge is -2.25. The first-order valence-electron chi connectivity index (χ1n) is 17.7. The molecular weight excluding hydrogens is 651 g/mol. The summed E-state index contributed by atoms with van der Waals surface area (Å²) in [6, 6.07) is 60.8. The first-order chi connectivity index (χ1) is 26.3. The van der Waals surface area contributed by atoms with Crippen LogP contribution in [0.5, 0.6) is 0 Å². The predicted molar refractivity (Wildman–Crippen MR) is 217 cm³/mol. The molecule has 0 N–H and O–H groups in total. The van der Waals surface area contributed by atoms with Crippen molar-refractivity contribution in [2.75, 3.05) is 4.90 Å². The first kappa shape index (κ1) is 29.5. The van der Waals surface area contributed by atoms with Crippen LogP contribution in [0.15, 0.2) is 185 Å². The van der Waals surface area contributed by atoms with Gasteiger partial charge in [0.1, 0.15) is 28.0 Å². The molecule has 248 valence electrons. The standard InChI is InChI=1S/C48H29N3O2/c1-3-15-33(16-4-1)51(34-17-5-2-6-18-34)35-25-26-37-40-29-41(36-19-9-10-20-38(36)46(40)53-43(37)28-35)48-49-44(32-24-23-30-13-7-8-14-31(30)27-32)47-45(50-48)39-21-11-12-22-42(39)52-47/h1-29H. The van der Waals surface area contributed by atoms with Gasteiger partial charge in [-0.3, -0.25) is 0 Å². The van der Waals surface area contributed by atoms with E-state index in [1.165, 1.54) is 5.39 Å². The Kier molecular flexibility index (Phi) is 6.48. The number of fused-ring (bicyclic) bond motifs is 9. The van der Waals surface area contributed by atoms with Crippen LogP contribution in [-0.4, -0.2) is 9.97 Å². The summed E-state index contributed by atoms with van der Waals surface area (Å²) in [5.41, 5.74) is 9.74. The van der Waals surface area contributed by atoms with E-state index in [0.717, 1.165) is 88.5 Å². The van der Waals surface area contributed by atoms with Crippen LogP contribution < -0.4 is 4.90 Å². The molecule has 0 saturated heterocycles. The average molecular weight is 680 g/mol. The Hall–Kier alpha value is -7.24. The number of hydrogen-bond donors (Lipinski definition) is 0. The molecule has 8 aromatic carbocycles. The molecule has 0 unspecified atom stereocenters. The molecule has 0 aliphatic heterocycles. The molecule has 0 spiro atoms.